The van der Waals surface area contributed by atoms with E-state index in [1.165, 1.54) is 0 Å². The van der Waals surface area contributed by atoms with Crippen LogP contribution in [0.15, 0.2) is 140 Å². The summed E-state index contributed by atoms with van der Waals surface area (Å²) in [5, 5.41) is 0. The van der Waals surface area contributed by atoms with E-state index in [0.717, 1.165) is 39.1 Å². The van der Waals surface area contributed by atoms with Crippen molar-refractivity contribution in [3.05, 3.63) is 162 Å². The van der Waals surface area contributed by atoms with Gasteiger partial charge in [0.1, 0.15) is 37.3 Å². The molecule has 0 N–H and O–H groups in total. The molecule has 7 rings (SSSR count). The highest BCUT2D eigenvalue weighted by atomic mass is 16.6. The van der Waals surface area contributed by atoms with Gasteiger partial charge >= 0.3 is 5.97 Å². The van der Waals surface area contributed by atoms with Crippen LogP contribution in [0.25, 0.3) is 11.1 Å². The largest absolute Gasteiger partial charge is 0.489 e. The van der Waals surface area contributed by atoms with Crippen molar-refractivity contribution in [2.45, 2.75) is 31.0 Å². The highest BCUT2D eigenvalue weighted by Crippen LogP contribution is 2.49. The fraction of sp³-hybridized carbons (Fsp3) is 0.162. The SMILES string of the molecule is O=C1OC[C@H](c2ccccc2)N2C1[C@@H](c1ccc(OCc3ccccc3)cc1)O[C@H]2c1ccc(-c2ccccc2)cc1. The number of carbonyl (C=O) groups is 1. The van der Waals surface area contributed by atoms with Crippen molar-refractivity contribution in [2.24, 2.45) is 0 Å². The Morgan fingerprint density at radius 1 is 0.643 bits per heavy atom. The van der Waals surface area contributed by atoms with E-state index < -0.39 is 18.4 Å². The minimum Gasteiger partial charge on any atom is -0.489 e. The molecule has 2 saturated heterocycles. The van der Waals surface area contributed by atoms with Gasteiger partial charge in [-0.25, -0.2) is 4.90 Å². The first-order chi connectivity index (χ1) is 20.7. The molecule has 0 radical (unpaired) electrons. The fourth-order valence-electron chi connectivity index (χ4n) is 5.94. The van der Waals surface area contributed by atoms with Gasteiger partial charge in [-0.15, -0.1) is 0 Å². The zero-order valence-corrected chi connectivity index (χ0v) is 23.1. The molecule has 5 aromatic rings. The van der Waals surface area contributed by atoms with Gasteiger partial charge in [0.05, 0.1) is 6.04 Å². The van der Waals surface area contributed by atoms with E-state index in [0.29, 0.717) is 6.61 Å². The van der Waals surface area contributed by atoms with Gasteiger partial charge in [0.2, 0.25) is 0 Å². The first-order valence-corrected chi connectivity index (χ1v) is 14.3. The molecule has 0 aromatic heterocycles. The molecule has 2 aliphatic rings. The molecule has 5 aromatic carbocycles. The van der Waals surface area contributed by atoms with Crippen LogP contribution in [0.4, 0.5) is 0 Å². The average Bonchev–Trinajstić information content (AvgIpc) is 3.47. The van der Waals surface area contributed by atoms with E-state index in [2.05, 4.69) is 53.4 Å². The number of fused-ring (bicyclic) bond motifs is 1. The Morgan fingerprint density at radius 3 is 1.93 bits per heavy atom. The second-order valence-corrected chi connectivity index (χ2v) is 10.7. The van der Waals surface area contributed by atoms with Gasteiger partial charge in [0, 0.05) is 0 Å². The minimum atomic E-state index is -0.584. The predicted molar refractivity (Wildman–Crippen MR) is 161 cm³/mol. The van der Waals surface area contributed by atoms with E-state index in [1.807, 2.05) is 91.0 Å². The summed E-state index contributed by atoms with van der Waals surface area (Å²) < 4.78 is 18.6. The molecule has 4 atom stereocenters. The number of rotatable bonds is 7. The number of esters is 1. The Kier molecular flexibility index (Phi) is 7.27. The Morgan fingerprint density at radius 2 is 1.24 bits per heavy atom. The van der Waals surface area contributed by atoms with Gasteiger partial charge in [-0.05, 0) is 45.5 Å². The van der Waals surface area contributed by atoms with Crippen LogP contribution >= 0.6 is 0 Å². The number of ether oxygens (including phenoxy) is 3. The quantitative estimate of drug-likeness (QED) is 0.194. The molecule has 0 bridgehead atoms. The highest BCUT2D eigenvalue weighted by molar-refractivity contribution is 5.78. The van der Waals surface area contributed by atoms with Crippen molar-refractivity contribution in [1.82, 2.24) is 4.90 Å². The Hall–Kier alpha value is -4.71. The molecule has 5 heteroatoms. The summed E-state index contributed by atoms with van der Waals surface area (Å²) in [5.74, 6) is 0.499. The van der Waals surface area contributed by atoms with Crippen LogP contribution in [-0.2, 0) is 20.9 Å². The van der Waals surface area contributed by atoms with Gasteiger partial charge in [0.25, 0.3) is 0 Å². The monoisotopic (exact) mass is 553 g/mol. The lowest BCUT2D eigenvalue weighted by Crippen LogP contribution is -2.49. The molecule has 1 unspecified atom stereocenters. The average molecular weight is 554 g/mol. The zero-order valence-electron chi connectivity index (χ0n) is 23.1. The van der Waals surface area contributed by atoms with Crippen molar-refractivity contribution >= 4 is 5.97 Å². The maximum absolute atomic E-state index is 13.4. The molecule has 2 heterocycles. The standard InChI is InChI=1S/C37H31NO4/c39-37-34-35(30-20-22-32(23-21-30)40-24-26-10-4-1-5-11-26)42-36(38(34)33(25-41-37)29-14-8-3-9-15-29)31-18-16-28(17-19-31)27-12-6-2-7-13-27/h1-23,33-36H,24-25H2/t33-,34?,35-,36+/m1/s1. The van der Waals surface area contributed by atoms with Crippen LogP contribution in [0, 0.1) is 0 Å². The normalized spacial score (nSPS) is 21.9. The number of morpholine rings is 1. The molecule has 208 valence electrons. The molecule has 42 heavy (non-hydrogen) atoms. The minimum absolute atomic E-state index is 0.133. The van der Waals surface area contributed by atoms with Gasteiger partial charge < -0.3 is 14.2 Å². The van der Waals surface area contributed by atoms with Crippen molar-refractivity contribution in [2.75, 3.05) is 6.61 Å². The highest BCUT2D eigenvalue weighted by Gasteiger charge is 2.54. The van der Waals surface area contributed by atoms with E-state index >= 15 is 0 Å². The second kappa shape index (κ2) is 11.6. The van der Waals surface area contributed by atoms with Crippen molar-refractivity contribution < 1.29 is 19.0 Å². The van der Waals surface area contributed by atoms with E-state index in [9.17, 15) is 4.79 Å². The first-order valence-electron chi connectivity index (χ1n) is 14.3. The summed E-state index contributed by atoms with van der Waals surface area (Å²) in [5.41, 5.74) is 6.40. The molecule has 2 fully saturated rings. The topological polar surface area (TPSA) is 48.0 Å². The Balaban J connectivity index is 1.20. The van der Waals surface area contributed by atoms with E-state index in [4.69, 9.17) is 14.2 Å². The molecule has 0 spiro atoms. The van der Waals surface area contributed by atoms with Crippen LogP contribution in [0.1, 0.15) is 40.6 Å². The molecule has 0 aliphatic carbocycles. The Bertz CT molecular complexity index is 1620. The van der Waals surface area contributed by atoms with Crippen LogP contribution in [0.5, 0.6) is 5.75 Å². The van der Waals surface area contributed by atoms with Crippen LogP contribution in [0.3, 0.4) is 0 Å². The summed E-state index contributed by atoms with van der Waals surface area (Å²) in [6.45, 7) is 0.767. The van der Waals surface area contributed by atoms with E-state index in [-0.39, 0.29) is 18.6 Å². The van der Waals surface area contributed by atoms with Crippen LogP contribution in [0.2, 0.25) is 0 Å². The smallest absolute Gasteiger partial charge is 0.326 e. The lowest BCUT2D eigenvalue weighted by Gasteiger charge is -2.39. The lowest BCUT2D eigenvalue weighted by molar-refractivity contribution is -0.163. The van der Waals surface area contributed by atoms with Crippen molar-refractivity contribution in [1.29, 1.82) is 0 Å². The number of cyclic esters (lactones) is 1. The Labute approximate surface area is 245 Å². The fourth-order valence-corrected chi connectivity index (χ4v) is 5.94. The predicted octanol–water partition coefficient (Wildman–Crippen LogP) is 7.67. The van der Waals surface area contributed by atoms with Crippen molar-refractivity contribution in [3.63, 3.8) is 0 Å². The van der Waals surface area contributed by atoms with Crippen molar-refractivity contribution in [3.8, 4) is 16.9 Å². The number of hydrogen-bond acceptors (Lipinski definition) is 5. The molecule has 0 amide bonds. The first kappa shape index (κ1) is 26.2. The third kappa shape index (κ3) is 5.20. The number of hydrogen-bond donors (Lipinski definition) is 0. The maximum atomic E-state index is 13.4. The molecule has 2 aliphatic heterocycles. The summed E-state index contributed by atoms with van der Waals surface area (Å²) in [6.07, 6.45) is -0.914. The van der Waals surface area contributed by atoms with Gasteiger partial charge in [-0.3, -0.25) is 4.79 Å². The maximum Gasteiger partial charge on any atom is 0.326 e. The number of carbonyl (C=O) groups excluding carboxylic acids is 1. The van der Waals surface area contributed by atoms with Crippen LogP contribution < -0.4 is 4.74 Å². The van der Waals surface area contributed by atoms with Gasteiger partial charge in [-0.1, -0.05) is 127 Å². The summed E-state index contributed by atoms with van der Waals surface area (Å²) in [6, 6.07) is 46.2. The molecular weight excluding hydrogens is 522 g/mol. The molecule has 0 saturated carbocycles. The van der Waals surface area contributed by atoms with E-state index in [1.54, 1.807) is 0 Å². The second-order valence-electron chi connectivity index (χ2n) is 10.7. The van der Waals surface area contributed by atoms with Gasteiger partial charge in [0.15, 0.2) is 0 Å². The summed E-state index contributed by atoms with van der Waals surface area (Å²) in [7, 11) is 0. The summed E-state index contributed by atoms with van der Waals surface area (Å²) in [4.78, 5) is 15.6. The summed E-state index contributed by atoms with van der Waals surface area (Å²) >= 11 is 0. The number of nitrogens with zero attached hydrogens (tertiary/aromatic N) is 1. The van der Waals surface area contributed by atoms with Crippen LogP contribution in [-0.4, -0.2) is 23.5 Å². The van der Waals surface area contributed by atoms with Gasteiger partial charge in [-0.2, -0.15) is 0 Å². The zero-order chi connectivity index (χ0) is 28.3. The lowest BCUT2D eigenvalue weighted by atomic mass is 9.96. The number of benzene rings is 5. The molecular formula is C37H31NO4. The molecule has 5 nitrogen and oxygen atoms in total. The third-order valence-corrected chi connectivity index (χ3v) is 8.08. The third-order valence-electron chi connectivity index (χ3n) is 8.08.